The molecule has 0 radical (unpaired) electrons. The number of carbonyl (C=O) groups is 1. The number of rotatable bonds is 4. The number of esters is 1. The second kappa shape index (κ2) is 6.62. The van der Waals surface area contributed by atoms with Crippen LogP contribution in [0, 0.1) is 5.41 Å². The van der Waals surface area contributed by atoms with E-state index in [9.17, 15) is 4.79 Å². The molecular weight excluding hydrogens is 394 g/mol. The number of hydrogen-bond acceptors (Lipinski definition) is 4. The Hall–Kier alpha value is -2.01. The lowest BCUT2D eigenvalue weighted by molar-refractivity contribution is -0.146. The standard InChI is InChI=1S/C21H22BrNO3/c1-3-26-20(24)19-21(10-11-21)18(13-4-7-15(25-2)8-5-13)16-12-14(22)6-9-17(16)23-19/h4-9,12,18-19,23H,3,10-11H2,1-2H3. The number of anilines is 1. The van der Waals surface area contributed by atoms with Gasteiger partial charge >= 0.3 is 5.97 Å². The third-order valence-electron chi connectivity index (χ3n) is 5.57. The van der Waals surface area contributed by atoms with Crippen molar-refractivity contribution in [3.8, 4) is 5.75 Å². The minimum Gasteiger partial charge on any atom is -0.497 e. The average Bonchev–Trinajstić information content (AvgIpc) is 3.42. The third-order valence-corrected chi connectivity index (χ3v) is 6.07. The molecule has 1 fully saturated rings. The largest absolute Gasteiger partial charge is 0.497 e. The van der Waals surface area contributed by atoms with Crippen molar-refractivity contribution < 1.29 is 14.3 Å². The molecule has 0 bridgehead atoms. The first-order valence-corrected chi connectivity index (χ1v) is 9.75. The zero-order chi connectivity index (χ0) is 18.3. The lowest BCUT2D eigenvalue weighted by Gasteiger charge is -2.40. The zero-order valence-corrected chi connectivity index (χ0v) is 16.5. The van der Waals surface area contributed by atoms with Crippen LogP contribution in [0.3, 0.4) is 0 Å². The molecule has 1 aliphatic carbocycles. The summed E-state index contributed by atoms with van der Waals surface area (Å²) in [5, 5.41) is 3.46. The van der Waals surface area contributed by atoms with Crippen molar-refractivity contribution in [3.63, 3.8) is 0 Å². The summed E-state index contributed by atoms with van der Waals surface area (Å²) in [6.45, 7) is 2.25. The number of benzene rings is 2. The maximum Gasteiger partial charge on any atom is 0.329 e. The molecule has 1 heterocycles. The molecule has 4 nitrogen and oxygen atoms in total. The second-order valence-corrected chi connectivity index (χ2v) is 7.92. The molecule has 2 aromatic rings. The summed E-state index contributed by atoms with van der Waals surface area (Å²) in [5.74, 6) is 0.831. The highest BCUT2D eigenvalue weighted by Gasteiger charge is 2.61. The Balaban J connectivity index is 1.83. The molecule has 4 rings (SSSR count). The van der Waals surface area contributed by atoms with Crippen LogP contribution in [0.5, 0.6) is 5.75 Å². The van der Waals surface area contributed by atoms with Crippen LogP contribution in [0.25, 0.3) is 0 Å². The molecule has 26 heavy (non-hydrogen) atoms. The fourth-order valence-electron chi connectivity index (χ4n) is 4.23. The first kappa shape index (κ1) is 17.4. The summed E-state index contributed by atoms with van der Waals surface area (Å²) in [6, 6.07) is 14.1. The predicted molar refractivity (Wildman–Crippen MR) is 105 cm³/mol. The highest BCUT2D eigenvalue weighted by molar-refractivity contribution is 9.10. The molecule has 2 atom stereocenters. The maximum atomic E-state index is 12.7. The Kier molecular flexibility index (Phi) is 4.43. The van der Waals surface area contributed by atoms with Gasteiger partial charge in [0.15, 0.2) is 0 Å². The van der Waals surface area contributed by atoms with E-state index in [1.165, 1.54) is 11.1 Å². The summed E-state index contributed by atoms with van der Waals surface area (Å²) in [5.41, 5.74) is 3.31. The zero-order valence-electron chi connectivity index (χ0n) is 14.9. The smallest absolute Gasteiger partial charge is 0.329 e. The molecule has 2 unspecified atom stereocenters. The Morgan fingerprint density at radius 2 is 1.96 bits per heavy atom. The average molecular weight is 416 g/mol. The molecule has 5 heteroatoms. The molecule has 2 aromatic carbocycles. The number of methoxy groups -OCH3 is 1. The van der Waals surface area contributed by atoms with Crippen LogP contribution in [-0.4, -0.2) is 25.7 Å². The van der Waals surface area contributed by atoms with E-state index in [1.807, 2.05) is 31.2 Å². The van der Waals surface area contributed by atoms with Crippen molar-refractivity contribution in [2.45, 2.75) is 31.7 Å². The molecule has 0 aromatic heterocycles. The van der Waals surface area contributed by atoms with Gasteiger partial charge in [-0.15, -0.1) is 0 Å². The Labute approximate surface area is 162 Å². The topological polar surface area (TPSA) is 47.6 Å². The molecular formula is C21H22BrNO3. The van der Waals surface area contributed by atoms with Crippen LogP contribution in [0.2, 0.25) is 0 Å². The minimum atomic E-state index is -0.316. The van der Waals surface area contributed by atoms with Crippen molar-refractivity contribution in [1.29, 1.82) is 0 Å². The van der Waals surface area contributed by atoms with Crippen LogP contribution < -0.4 is 10.1 Å². The summed E-state index contributed by atoms with van der Waals surface area (Å²) in [4.78, 5) is 12.7. The van der Waals surface area contributed by atoms with Gasteiger partial charge in [-0.25, -0.2) is 4.79 Å². The monoisotopic (exact) mass is 415 g/mol. The predicted octanol–water partition coefficient (Wildman–Crippen LogP) is 4.73. The number of nitrogens with one attached hydrogen (secondary N) is 1. The Bertz CT molecular complexity index is 830. The van der Waals surface area contributed by atoms with Crippen LogP contribution in [0.1, 0.15) is 36.8 Å². The van der Waals surface area contributed by atoms with Gasteiger partial charge in [-0.3, -0.25) is 0 Å². The molecule has 2 aliphatic rings. The quantitative estimate of drug-likeness (QED) is 0.733. The van der Waals surface area contributed by atoms with Gasteiger partial charge in [-0.2, -0.15) is 0 Å². The van der Waals surface area contributed by atoms with Gasteiger partial charge in [-0.05, 0) is 61.2 Å². The highest BCUT2D eigenvalue weighted by Crippen LogP contribution is 2.64. The van der Waals surface area contributed by atoms with Crippen molar-refractivity contribution >= 4 is 27.6 Å². The number of halogens is 1. The van der Waals surface area contributed by atoms with Crippen LogP contribution in [0.15, 0.2) is 46.9 Å². The van der Waals surface area contributed by atoms with Crippen LogP contribution >= 0.6 is 15.9 Å². The molecule has 1 saturated carbocycles. The van der Waals surface area contributed by atoms with E-state index in [0.29, 0.717) is 6.61 Å². The van der Waals surface area contributed by atoms with E-state index >= 15 is 0 Å². The summed E-state index contributed by atoms with van der Waals surface area (Å²) in [7, 11) is 1.67. The number of hydrogen-bond donors (Lipinski definition) is 1. The van der Waals surface area contributed by atoms with E-state index in [2.05, 4.69) is 39.4 Å². The van der Waals surface area contributed by atoms with Crippen LogP contribution in [-0.2, 0) is 9.53 Å². The normalized spacial score (nSPS) is 22.3. The number of carbonyl (C=O) groups excluding carboxylic acids is 1. The van der Waals surface area contributed by atoms with E-state index in [0.717, 1.165) is 28.8 Å². The molecule has 1 spiro atoms. The number of ether oxygens (including phenoxy) is 2. The third kappa shape index (κ3) is 2.78. The molecule has 136 valence electrons. The highest BCUT2D eigenvalue weighted by atomic mass is 79.9. The minimum absolute atomic E-state index is 0.130. The molecule has 1 aliphatic heterocycles. The van der Waals surface area contributed by atoms with E-state index in [1.54, 1.807) is 7.11 Å². The van der Waals surface area contributed by atoms with E-state index in [4.69, 9.17) is 9.47 Å². The van der Waals surface area contributed by atoms with Gasteiger partial charge in [0, 0.05) is 21.5 Å². The van der Waals surface area contributed by atoms with Crippen molar-refractivity contribution in [1.82, 2.24) is 0 Å². The Morgan fingerprint density at radius 3 is 2.58 bits per heavy atom. The van der Waals surface area contributed by atoms with Gasteiger partial charge in [0.1, 0.15) is 11.8 Å². The maximum absolute atomic E-state index is 12.7. The van der Waals surface area contributed by atoms with Gasteiger partial charge < -0.3 is 14.8 Å². The van der Waals surface area contributed by atoms with Gasteiger partial charge in [0.25, 0.3) is 0 Å². The second-order valence-electron chi connectivity index (χ2n) is 7.00. The van der Waals surface area contributed by atoms with Crippen molar-refractivity contribution in [2.75, 3.05) is 19.0 Å². The van der Waals surface area contributed by atoms with Crippen molar-refractivity contribution in [3.05, 3.63) is 58.1 Å². The lowest BCUT2D eigenvalue weighted by atomic mass is 9.71. The fourth-order valence-corrected chi connectivity index (χ4v) is 4.61. The van der Waals surface area contributed by atoms with E-state index in [-0.39, 0.29) is 23.3 Å². The summed E-state index contributed by atoms with van der Waals surface area (Å²) in [6.07, 6.45) is 2.01. The molecule has 0 saturated heterocycles. The molecule has 0 amide bonds. The molecule has 1 N–H and O–H groups in total. The summed E-state index contributed by atoms with van der Waals surface area (Å²) < 4.78 is 11.7. The van der Waals surface area contributed by atoms with Gasteiger partial charge in [-0.1, -0.05) is 28.1 Å². The SMILES string of the molecule is CCOC(=O)C1Nc2ccc(Br)cc2C(c2ccc(OC)cc2)C12CC2. The van der Waals surface area contributed by atoms with Gasteiger partial charge in [0.05, 0.1) is 13.7 Å². The number of fused-ring (bicyclic) bond motifs is 1. The van der Waals surface area contributed by atoms with Crippen LogP contribution in [0.4, 0.5) is 5.69 Å². The lowest BCUT2D eigenvalue weighted by Crippen LogP contribution is -2.46. The summed E-state index contributed by atoms with van der Waals surface area (Å²) >= 11 is 3.60. The first-order chi connectivity index (χ1) is 12.6. The van der Waals surface area contributed by atoms with Gasteiger partial charge in [0.2, 0.25) is 0 Å². The van der Waals surface area contributed by atoms with Crippen molar-refractivity contribution in [2.24, 2.45) is 5.41 Å². The van der Waals surface area contributed by atoms with E-state index < -0.39 is 0 Å². The first-order valence-electron chi connectivity index (χ1n) is 8.95. The fraction of sp³-hybridized carbons (Fsp3) is 0.381. The Morgan fingerprint density at radius 1 is 1.23 bits per heavy atom.